The van der Waals surface area contributed by atoms with Crippen LogP contribution < -0.4 is 37.9 Å². The van der Waals surface area contributed by atoms with Crippen LogP contribution in [0.1, 0.15) is 50.5 Å². The molecule has 4 aromatic carbocycles. The third-order valence-corrected chi connectivity index (χ3v) is 8.79. The van der Waals surface area contributed by atoms with E-state index in [0.717, 1.165) is 23.3 Å². The molecule has 10 heteroatoms. The van der Waals surface area contributed by atoms with Gasteiger partial charge in [-0.05, 0) is 65.2 Å². The first-order valence-electron chi connectivity index (χ1n) is 15.6. The van der Waals surface area contributed by atoms with E-state index < -0.39 is 5.92 Å². The Hall–Kier alpha value is -5.64. The maximum Gasteiger partial charge on any atom is 0.312 e. The highest BCUT2D eigenvalue weighted by Crippen LogP contribution is 2.50. The van der Waals surface area contributed by atoms with Crippen molar-refractivity contribution in [3.8, 4) is 46.0 Å². The minimum Gasteiger partial charge on any atom is -0.493 e. The molecule has 0 unspecified atom stereocenters. The van der Waals surface area contributed by atoms with E-state index in [2.05, 4.69) is 12.1 Å². The van der Waals surface area contributed by atoms with Crippen molar-refractivity contribution in [2.75, 3.05) is 41.7 Å². The minimum absolute atomic E-state index is 0.0481. The number of ether oxygens (including phenoxy) is 8. The Balaban J connectivity index is 1.20. The fourth-order valence-corrected chi connectivity index (χ4v) is 6.47. The number of ketones is 1. The van der Waals surface area contributed by atoms with Crippen LogP contribution in [0.5, 0.6) is 46.0 Å². The number of esters is 1. The highest BCUT2D eigenvalue weighted by atomic mass is 16.5. The summed E-state index contributed by atoms with van der Waals surface area (Å²) in [5.74, 6) is 2.94. The number of hydrogen-bond donors (Lipinski definition) is 0. The Morgan fingerprint density at radius 1 is 0.792 bits per heavy atom. The van der Waals surface area contributed by atoms with Crippen LogP contribution in [0.2, 0.25) is 0 Å². The monoisotopic (exact) mass is 650 g/mol. The summed E-state index contributed by atoms with van der Waals surface area (Å²) < 4.78 is 45.9. The average Bonchev–Trinajstić information content (AvgIpc) is 3.70. The molecule has 3 aliphatic rings. The van der Waals surface area contributed by atoms with Crippen LogP contribution in [-0.2, 0) is 17.6 Å². The number of methoxy groups -OCH3 is 4. The molecule has 3 heterocycles. The van der Waals surface area contributed by atoms with Gasteiger partial charge in [-0.15, -0.1) is 0 Å². The standard InChI is InChI=1S/C38H34O10/c1-41-28-10-6-22(18-31(28)46-15-13-21-5-9-27-23(17-21)14-16-45-27)26-20-33(39)47-29-12-8-25-35(40)32(48-37(25)34(26)29)19-24-7-11-30(42-2)38(44-4)36(24)43-3/h5-12,17-19,26H,13-16,20H2,1-4H3/b32-19-/t26-/m1/s1. The second-order valence-electron chi connectivity index (χ2n) is 11.5. The number of hydrogen-bond acceptors (Lipinski definition) is 10. The molecule has 0 saturated carbocycles. The second-order valence-corrected chi connectivity index (χ2v) is 11.5. The summed E-state index contributed by atoms with van der Waals surface area (Å²) in [4.78, 5) is 26.5. The van der Waals surface area contributed by atoms with Crippen molar-refractivity contribution >= 4 is 17.8 Å². The molecule has 7 rings (SSSR count). The van der Waals surface area contributed by atoms with Gasteiger partial charge < -0.3 is 37.9 Å². The lowest BCUT2D eigenvalue weighted by atomic mass is 9.84. The topological polar surface area (TPSA) is 108 Å². The van der Waals surface area contributed by atoms with Crippen molar-refractivity contribution in [1.82, 2.24) is 0 Å². The van der Waals surface area contributed by atoms with Crippen molar-refractivity contribution in [2.45, 2.75) is 25.2 Å². The molecule has 0 aliphatic carbocycles. The Morgan fingerprint density at radius 3 is 2.38 bits per heavy atom. The number of Topliss-reactive ketones (excluding diaryl/α,β-unsaturated/α-hetero) is 1. The summed E-state index contributed by atoms with van der Waals surface area (Å²) in [7, 11) is 6.14. The highest BCUT2D eigenvalue weighted by Gasteiger charge is 2.39. The van der Waals surface area contributed by atoms with Crippen LogP contribution in [0.25, 0.3) is 6.08 Å². The number of fused-ring (bicyclic) bond motifs is 4. The summed E-state index contributed by atoms with van der Waals surface area (Å²) in [5.41, 5.74) is 4.70. The van der Waals surface area contributed by atoms with E-state index in [1.807, 2.05) is 24.3 Å². The summed E-state index contributed by atoms with van der Waals surface area (Å²) in [6.45, 7) is 1.13. The van der Waals surface area contributed by atoms with Gasteiger partial charge in [-0.1, -0.05) is 18.2 Å². The van der Waals surface area contributed by atoms with Gasteiger partial charge in [-0.3, -0.25) is 9.59 Å². The van der Waals surface area contributed by atoms with Crippen molar-refractivity contribution in [2.24, 2.45) is 0 Å². The summed E-state index contributed by atoms with van der Waals surface area (Å²) >= 11 is 0. The van der Waals surface area contributed by atoms with Crippen LogP contribution in [0.3, 0.4) is 0 Å². The lowest BCUT2D eigenvalue weighted by Gasteiger charge is -2.27. The third-order valence-electron chi connectivity index (χ3n) is 8.79. The maximum atomic E-state index is 13.7. The summed E-state index contributed by atoms with van der Waals surface area (Å²) in [5, 5.41) is 0. The van der Waals surface area contributed by atoms with Crippen LogP contribution >= 0.6 is 0 Å². The number of carbonyl (C=O) groups excluding carboxylic acids is 2. The van der Waals surface area contributed by atoms with E-state index in [4.69, 9.17) is 37.9 Å². The van der Waals surface area contributed by atoms with Crippen LogP contribution in [0.4, 0.5) is 0 Å². The molecule has 0 N–H and O–H groups in total. The smallest absolute Gasteiger partial charge is 0.312 e. The zero-order valence-corrected chi connectivity index (χ0v) is 27.0. The molecular formula is C38H34O10. The van der Waals surface area contributed by atoms with E-state index in [9.17, 15) is 9.59 Å². The number of benzene rings is 4. The van der Waals surface area contributed by atoms with E-state index in [-0.39, 0.29) is 23.9 Å². The predicted octanol–water partition coefficient (Wildman–Crippen LogP) is 6.33. The molecule has 0 radical (unpaired) electrons. The number of allylic oxidation sites excluding steroid dienone is 1. The van der Waals surface area contributed by atoms with Gasteiger partial charge in [-0.25, -0.2) is 0 Å². The van der Waals surface area contributed by atoms with Crippen molar-refractivity contribution in [1.29, 1.82) is 0 Å². The molecule has 10 nitrogen and oxygen atoms in total. The lowest BCUT2D eigenvalue weighted by molar-refractivity contribution is -0.135. The first-order chi connectivity index (χ1) is 23.4. The fraction of sp³-hybridized carbons (Fsp3) is 0.263. The van der Waals surface area contributed by atoms with E-state index in [1.165, 1.54) is 26.9 Å². The molecule has 0 spiro atoms. The van der Waals surface area contributed by atoms with E-state index in [1.54, 1.807) is 37.5 Å². The quantitative estimate of drug-likeness (QED) is 0.110. The van der Waals surface area contributed by atoms with Crippen LogP contribution in [0, 0.1) is 0 Å². The van der Waals surface area contributed by atoms with Gasteiger partial charge in [0.1, 0.15) is 17.2 Å². The Bertz CT molecular complexity index is 1960. The Labute approximate surface area is 277 Å². The van der Waals surface area contributed by atoms with Gasteiger partial charge in [0.15, 0.2) is 28.8 Å². The molecule has 0 bridgehead atoms. The molecule has 3 aliphatic heterocycles. The SMILES string of the molecule is COc1ccc([C@H]2CC(=O)Oc3ccc4c(c32)O/C(=C\c2ccc(OC)c(OC)c2OC)C4=O)cc1OCCc1ccc2c(c1)CCO2. The van der Waals surface area contributed by atoms with Gasteiger partial charge in [0.2, 0.25) is 11.5 Å². The first kappa shape index (κ1) is 31.0. The largest absolute Gasteiger partial charge is 0.493 e. The molecule has 0 saturated heterocycles. The zero-order chi connectivity index (χ0) is 33.4. The van der Waals surface area contributed by atoms with Gasteiger partial charge in [0, 0.05) is 29.9 Å². The molecule has 48 heavy (non-hydrogen) atoms. The van der Waals surface area contributed by atoms with Crippen molar-refractivity contribution < 1.29 is 47.5 Å². The molecule has 1 atom stereocenters. The van der Waals surface area contributed by atoms with Crippen LogP contribution in [-0.4, -0.2) is 53.4 Å². The molecule has 246 valence electrons. The van der Waals surface area contributed by atoms with E-state index in [0.29, 0.717) is 76.6 Å². The average molecular weight is 651 g/mol. The summed E-state index contributed by atoms with van der Waals surface area (Å²) in [6.07, 6.45) is 3.26. The molecular weight excluding hydrogens is 616 g/mol. The van der Waals surface area contributed by atoms with Crippen molar-refractivity contribution in [3.05, 3.63) is 99.8 Å². The van der Waals surface area contributed by atoms with Gasteiger partial charge in [0.25, 0.3) is 0 Å². The normalized spacial score (nSPS) is 16.7. The maximum absolute atomic E-state index is 13.7. The molecule has 0 amide bonds. The minimum atomic E-state index is -0.469. The predicted molar refractivity (Wildman–Crippen MR) is 175 cm³/mol. The second kappa shape index (κ2) is 12.9. The molecule has 0 fully saturated rings. The Morgan fingerprint density at radius 2 is 1.58 bits per heavy atom. The molecule has 0 aromatic heterocycles. The zero-order valence-electron chi connectivity index (χ0n) is 27.0. The van der Waals surface area contributed by atoms with Gasteiger partial charge in [-0.2, -0.15) is 0 Å². The number of carbonyl (C=O) groups is 2. The molecule has 4 aromatic rings. The highest BCUT2D eigenvalue weighted by molar-refractivity contribution is 6.15. The Kier molecular flexibility index (Phi) is 8.31. The fourth-order valence-electron chi connectivity index (χ4n) is 6.47. The number of rotatable bonds is 10. The lowest BCUT2D eigenvalue weighted by Crippen LogP contribution is -2.21. The van der Waals surface area contributed by atoms with E-state index >= 15 is 0 Å². The van der Waals surface area contributed by atoms with Gasteiger partial charge >= 0.3 is 5.97 Å². The van der Waals surface area contributed by atoms with Crippen molar-refractivity contribution in [3.63, 3.8) is 0 Å². The third kappa shape index (κ3) is 5.53. The first-order valence-corrected chi connectivity index (χ1v) is 15.6. The van der Waals surface area contributed by atoms with Gasteiger partial charge in [0.05, 0.1) is 53.6 Å². The van der Waals surface area contributed by atoms with Crippen LogP contribution in [0.15, 0.2) is 66.4 Å². The summed E-state index contributed by atoms with van der Waals surface area (Å²) in [6, 6.07) is 18.5.